The Morgan fingerprint density at radius 3 is 2.38 bits per heavy atom. The zero-order valence-electron chi connectivity index (χ0n) is 19.0. The van der Waals surface area contributed by atoms with E-state index < -0.39 is 0 Å². The van der Waals surface area contributed by atoms with Crippen LogP contribution >= 0.6 is 0 Å². The topological polar surface area (TPSA) is 57.6 Å². The second kappa shape index (κ2) is 10.0. The number of carbonyl (C=O) groups excluding carboxylic acids is 2. The van der Waals surface area contributed by atoms with E-state index in [1.54, 1.807) is 0 Å². The second-order valence-corrected chi connectivity index (χ2v) is 8.61. The lowest BCUT2D eigenvalue weighted by atomic mass is 10.2. The highest BCUT2D eigenvalue weighted by Crippen LogP contribution is 2.23. The lowest BCUT2D eigenvalue weighted by Crippen LogP contribution is -2.51. The van der Waals surface area contributed by atoms with Crippen LogP contribution in [0.5, 0.6) is 0 Å². The molecule has 2 aromatic carbocycles. The van der Waals surface area contributed by atoms with Gasteiger partial charge in [0.05, 0.1) is 6.54 Å². The minimum atomic E-state index is 0.0563. The first kappa shape index (κ1) is 22.1. The highest BCUT2D eigenvalue weighted by atomic mass is 16.2. The third-order valence-corrected chi connectivity index (χ3v) is 6.26. The highest BCUT2D eigenvalue weighted by molar-refractivity contribution is 5.99. The van der Waals surface area contributed by atoms with E-state index in [2.05, 4.69) is 46.0 Å². The van der Waals surface area contributed by atoms with Gasteiger partial charge in [-0.2, -0.15) is 0 Å². The van der Waals surface area contributed by atoms with Crippen LogP contribution < -0.4 is 5.32 Å². The Bertz CT molecular complexity index is 1070. The third kappa shape index (κ3) is 5.02. The van der Waals surface area contributed by atoms with Crippen LogP contribution in [0, 0.1) is 0 Å². The molecule has 1 aliphatic rings. The molecule has 1 atom stereocenters. The zero-order valence-corrected chi connectivity index (χ0v) is 19.0. The number of aromatic nitrogens is 1. The number of para-hydroxylation sites is 1. The lowest BCUT2D eigenvalue weighted by molar-refractivity contribution is -0.123. The lowest BCUT2D eigenvalue weighted by Gasteiger charge is -2.34. The highest BCUT2D eigenvalue weighted by Gasteiger charge is 2.26. The fourth-order valence-electron chi connectivity index (χ4n) is 4.22. The minimum Gasteiger partial charge on any atom is -0.353 e. The van der Waals surface area contributed by atoms with Crippen molar-refractivity contribution in [2.24, 2.45) is 0 Å². The molecular formula is C26H32N4O2. The minimum absolute atomic E-state index is 0.0563. The Hall–Kier alpha value is -3.12. The van der Waals surface area contributed by atoms with Gasteiger partial charge in [0, 0.05) is 49.7 Å². The van der Waals surface area contributed by atoms with Gasteiger partial charge in [0.25, 0.3) is 5.91 Å². The van der Waals surface area contributed by atoms with Crippen LogP contribution in [0.2, 0.25) is 0 Å². The fourth-order valence-corrected chi connectivity index (χ4v) is 4.22. The summed E-state index contributed by atoms with van der Waals surface area (Å²) in [6.45, 7) is 7.79. The molecule has 1 saturated heterocycles. The molecule has 0 spiro atoms. The van der Waals surface area contributed by atoms with E-state index >= 15 is 0 Å². The predicted molar refractivity (Wildman–Crippen MR) is 128 cm³/mol. The van der Waals surface area contributed by atoms with Gasteiger partial charge in [0.2, 0.25) is 5.91 Å². The Morgan fingerprint density at radius 1 is 0.969 bits per heavy atom. The average Bonchev–Trinajstić information content (AvgIpc) is 3.18. The van der Waals surface area contributed by atoms with Crippen molar-refractivity contribution >= 4 is 22.7 Å². The molecule has 1 N–H and O–H groups in total. The van der Waals surface area contributed by atoms with Crippen molar-refractivity contribution in [3.63, 3.8) is 0 Å². The number of hydrogen-bond acceptors (Lipinski definition) is 3. The van der Waals surface area contributed by atoms with Crippen LogP contribution in [0.3, 0.4) is 0 Å². The number of benzene rings is 2. The number of amides is 2. The number of carbonyl (C=O) groups is 2. The van der Waals surface area contributed by atoms with Crippen LogP contribution in [-0.2, 0) is 11.3 Å². The largest absolute Gasteiger partial charge is 0.353 e. The van der Waals surface area contributed by atoms with Crippen LogP contribution in [0.1, 0.15) is 36.3 Å². The summed E-state index contributed by atoms with van der Waals surface area (Å²) in [5, 5.41) is 4.09. The molecule has 1 fully saturated rings. The van der Waals surface area contributed by atoms with Gasteiger partial charge in [-0.25, -0.2) is 0 Å². The van der Waals surface area contributed by atoms with Crippen molar-refractivity contribution in [2.75, 3.05) is 32.7 Å². The molecule has 32 heavy (non-hydrogen) atoms. The molecule has 0 bridgehead atoms. The first-order valence-corrected chi connectivity index (χ1v) is 11.5. The van der Waals surface area contributed by atoms with Gasteiger partial charge in [0.15, 0.2) is 0 Å². The molecule has 1 aliphatic heterocycles. The van der Waals surface area contributed by atoms with Crippen molar-refractivity contribution < 1.29 is 9.59 Å². The summed E-state index contributed by atoms with van der Waals surface area (Å²) in [4.78, 5) is 29.7. The van der Waals surface area contributed by atoms with Crippen LogP contribution in [0.15, 0.2) is 60.7 Å². The van der Waals surface area contributed by atoms with Gasteiger partial charge < -0.3 is 14.8 Å². The molecule has 6 nitrogen and oxygen atoms in total. The number of nitrogens with one attached hydrogen (secondary N) is 1. The molecule has 3 aromatic rings. The Labute approximate surface area is 189 Å². The maximum absolute atomic E-state index is 13.5. The van der Waals surface area contributed by atoms with E-state index in [4.69, 9.17) is 0 Å². The number of nitrogens with zero attached hydrogens (tertiary/aromatic N) is 3. The van der Waals surface area contributed by atoms with Gasteiger partial charge in [-0.15, -0.1) is 0 Å². The molecule has 168 valence electrons. The molecule has 0 saturated carbocycles. The van der Waals surface area contributed by atoms with E-state index in [1.807, 2.05) is 48.2 Å². The SMILES string of the molecule is CCC(C)NC(=O)CN1CCN(C(=O)c2cc3ccccc3n2Cc2ccccc2)CC1. The van der Waals surface area contributed by atoms with Gasteiger partial charge in [-0.3, -0.25) is 14.5 Å². The molecule has 0 radical (unpaired) electrons. The molecule has 2 amide bonds. The normalized spacial score (nSPS) is 15.6. The molecule has 1 aromatic heterocycles. The van der Waals surface area contributed by atoms with Gasteiger partial charge in [-0.1, -0.05) is 55.5 Å². The molecule has 6 heteroatoms. The van der Waals surface area contributed by atoms with E-state index in [9.17, 15) is 9.59 Å². The summed E-state index contributed by atoms with van der Waals surface area (Å²) in [5.41, 5.74) is 2.96. The van der Waals surface area contributed by atoms with Gasteiger partial charge >= 0.3 is 0 Å². The summed E-state index contributed by atoms with van der Waals surface area (Å²) in [5.74, 6) is 0.114. The first-order chi connectivity index (χ1) is 15.5. The van der Waals surface area contributed by atoms with Crippen molar-refractivity contribution in [2.45, 2.75) is 32.9 Å². The summed E-state index contributed by atoms with van der Waals surface area (Å²) in [6, 6.07) is 20.6. The third-order valence-electron chi connectivity index (χ3n) is 6.26. The number of rotatable bonds is 7. The molecule has 2 heterocycles. The summed E-state index contributed by atoms with van der Waals surface area (Å²) in [6.07, 6.45) is 0.922. The molecular weight excluding hydrogens is 400 g/mol. The Kier molecular flexibility index (Phi) is 6.90. The van der Waals surface area contributed by atoms with Crippen molar-refractivity contribution in [3.8, 4) is 0 Å². The Balaban J connectivity index is 1.46. The monoisotopic (exact) mass is 432 g/mol. The second-order valence-electron chi connectivity index (χ2n) is 8.61. The first-order valence-electron chi connectivity index (χ1n) is 11.5. The standard InChI is InChI=1S/C26H32N4O2/c1-3-20(2)27-25(31)19-28-13-15-29(16-14-28)26(32)24-17-22-11-7-8-12-23(22)30(24)18-21-9-5-4-6-10-21/h4-12,17,20H,3,13-16,18-19H2,1-2H3,(H,27,31). The van der Waals surface area contributed by atoms with Gasteiger partial charge in [0.1, 0.15) is 5.69 Å². The number of hydrogen-bond donors (Lipinski definition) is 1. The van der Waals surface area contributed by atoms with Crippen LogP contribution in [0.25, 0.3) is 10.9 Å². The Morgan fingerprint density at radius 2 is 1.66 bits per heavy atom. The summed E-state index contributed by atoms with van der Waals surface area (Å²) < 4.78 is 2.12. The van der Waals surface area contributed by atoms with E-state index in [0.717, 1.165) is 23.0 Å². The number of fused-ring (bicyclic) bond motifs is 1. The van der Waals surface area contributed by atoms with E-state index in [1.165, 1.54) is 5.56 Å². The quantitative estimate of drug-likeness (QED) is 0.623. The average molecular weight is 433 g/mol. The van der Waals surface area contributed by atoms with E-state index in [-0.39, 0.29) is 17.9 Å². The van der Waals surface area contributed by atoms with Crippen molar-refractivity contribution in [1.29, 1.82) is 0 Å². The maximum atomic E-state index is 13.5. The fraction of sp³-hybridized carbons (Fsp3) is 0.385. The van der Waals surface area contributed by atoms with Crippen molar-refractivity contribution in [1.82, 2.24) is 19.7 Å². The summed E-state index contributed by atoms with van der Waals surface area (Å²) >= 11 is 0. The van der Waals surface area contributed by atoms with Gasteiger partial charge in [-0.05, 0) is 31.0 Å². The van der Waals surface area contributed by atoms with Crippen LogP contribution in [0.4, 0.5) is 0 Å². The smallest absolute Gasteiger partial charge is 0.270 e. The summed E-state index contributed by atoms with van der Waals surface area (Å²) in [7, 11) is 0. The van der Waals surface area contributed by atoms with E-state index in [0.29, 0.717) is 39.3 Å². The zero-order chi connectivity index (χ0) is 22.5. The number of piperazine rings is 1. The predicted octanol–water partition coefficient (Wildman–Crippen LogP) is 3.36. The van der Waals surface area contributed by atoms with Crippen molar-refractivity contribution in [3.05, 3.63) is 71.9 Å². The molecule has 4 rings (SSSR count). The maximum Gasteiger partial charge on any atom is 0.270 e. The molecule has 0 aliphatic carbocycles. The molecule has 1 unspecified atom stereocenters. The van der Waals surface area contributed by atoms with Crippen LogP contribution in [-0.4, -0.2) is 64.9 Å².